The Kier molecular flexibility index (Phi) is 7.21. The average Bonchev–Trinajstić information content (AvgIpc) is 2.64. The number of hydrogen-bond acceptors (Lipinski definition) is 4. The van der Waals surface area contributed by atoms with Crippen molar-refractivity contribution in [1.29, 1.82) is 0 Å². The number of amides is 2. The highest BCUT2D eigenvalue weighted by molar-refractivity contribution is 5.97. The molecule has 0 saturated carbocycles. The zero-order valence-corrected chi connectivity index (χ0v) is 14.5. The van der Waals surface area contributed by atoms with Crippen molar-refractivity contribution < 1.29 is 9.59 Å². The molecule has 2 amide bonds. The summed E-state index contributed by atoms with van der Waals surface area (Å²) in [5.41, 5.74) is 6.51. The van der Waals surface area contributed by atoms with Crippen molar-refractivity contribution in [3.05, 3.63) is 35.4 Å². The summed E-state index contributed by atoms with van der Waals surface area (Å²) >= 11 is 0. The quantitative estimate of drug-likeness (QED) is 0.779. The number of carbonyl (C=O) groups is 2. The third-order valence-corrected chi connectivity index (χ3v) is 4.37. The highest BCUT2D eigenvalue weighted by Crippen LogP contribution is 2.10. The third kappa shape index (κ3) is 5.32. The molecule has 1 saturated heterocycles. The van der Waals surface area contributed by atoms with E-state index in [1.807, 2.05) is 7.05 Å². The smallest absolute Gasteiger partial charge is 0.253 e. The molecule has 1 aliphatic heterocycles. The fourth-order valence-electron chi connectivity index (χ4n) is 2.85. The number of piperidine rings is 1. The highest BCUT2D eigenvalue weighted by Gasteiger charge is 2.15. The Hall–Kier alpha value is -1.92. The van der Waals surface area contributed by atoms with E-state index in [1.165, 1.54) is 19.3 Å². The monoisotopic (exact) mass is 332 g/mol. The van der Waals surface area contributed by atoms with Gasteiger partial charge in [-0.1, -0.05) is 6.42 Å². The van der Waals surface area contributed by atoms with Gasteiger partial charge in [0.25, 0.3) is 11.8 Å². The number of carbonyl (C=O) groups excluding carboxylic acids is 2. The second-order valence-electron chi connectivity index (χ2n) is 6.25. The van der Waals surface area contributed by atoms with Crippen LogP contribution < -0.4 is 11.1 Å². The van der Waals surface area contributed by atoms with E-state index < -0.39 is 0 Å². The second kappa shape index (κ2) is 9.39. The maximum Gasteiger partial charge on any atom is 0.253 e. The number of hydrogen-bond donors (Lipinski definition) is 2. The van der Waals surface area contributed by atoms with Gasteiger partial charge in [0, 0.05) is 44.4 Å². The van der Waals surface area contributed by atoms with Crippen LogP contribution in [0.5, 0.6) is 0 Å². The largest absolute Gasteiger partial charge is 0.351 e. The van der Waals surface area contributed by atoms with E-state index >= 15 is 0 Å². The van der Waals surface area contributed by atoms with Crippen molar-refractivity contribution in [2.75, 3.05) is 46.3 Å². The Morgan fingerprint density at radius 1 is 1.12 bits per heavy atom. The van der Waals surface area contributed by atoms with E-state index in [4.69, 9.17) is 5.73 Å². The molecule has 1 aliphatic rings. The molecule has 0 atom stereocenters. The molecule has 0 bridgehead atoms. The standard InChI is InChI=1S/C18H28N4O2/c1-21(13-14-22-11-3-2-4-12-22)18(24)16-7-5-15(6-8-16)17(23)20-10-9-19/h5-8H,2-4,9-14,19H2,1H3,(H,20,23). The van der Waals surface area contributed by atoms with Gasteiger partial charge in [0.1, 0.15) is 0 Å². The zero-order chi connectivity index (χ0) is 17.4. The molecule has 0 spiro atoms. The van der Waals surface area contributed by atoms with Crippen molar-refractivity contribution in [3.8, 4) is 0 Å². The Labute approximate surface area is 144 Å². The molecule has 1 aromatic rings. The molecule has 0 radical (unpaired) electrons. The van der Waals surface area contributed by atoms with Crippen LogP contribution >= 0.6 is 0 Å². The minimum absolute atomic E-state index is 0.0130. The van der Waals surface area contributed by atoms with Crippen molar-refractivity contribution in [1.82, 2.24) is 15.1 Å². The van der Waals surface area contributed by atoms with Gasteiger partial charge in [-0.15, -0.1) is 0 Å². The third-order valence-electron chi connectivity index (χ3n) is 4.37. The Bertz CT molecular complexity index is 538. The first kappa shape index (κ1) is 18.4. The van der Waals surface area contributed by atoms with Gasteiger partial charge in [0.2, 0.25) is 0 Å². The Balaban J connectivity index is 1.85. The Morgan fingerprint density at radius 2 is 1.75 bits per heavy atom. The number of benzene rings is 1. The van der Waals surface area contributed by atoms with E-state index in [0.717, 1.165) is 26.2 Å². The van der Waals surface area contributed by atoms with Crippen molar-refractivity contribution >= 4 is 11.8 Å². The van der Waals surface area contributed by atoms with Gasteiger partial charge < -0.3 is 20.9 Å². The minimum atomic E-state index is -0.169. The number of likely N-dealkylation sites (N-methyl/N-ethyl adjacent to an activating group) is 1. The summed E-state index contributed by atoms with van der Waals surface area (Å²) in [5, 5.41) is 2.71. The van der Waals surface area contributed by atoms with Gasteiger partial charge in [-0.25, -0.2) is 0 Å². The lowest BCUT2D eigenvalue weighted by atomic mass is 10.1. The molecule has 1 aromatic carbocycles. The van der Waals surface area contributed by atoms with Crippen LogP contribution in [0.3, 0.4) is 0 Å². The van der Waals surface area contributed by atoms with Crippen molar-refractivity contribution in [2.45, 2.75) is 19.3 Å². The molecule has 2 rings (SSSR count). The first-order chi connectivity index (χ1) is 11.6. The van der Waals surface area contributed by atoms with E-state index in [2.05, 4.69) is 10.2 Å². The molecule has 132 valence electrons. The molecular weight excluding hydrogens is 304 g/mol. The maximum atomic E-state index is 12.5. The first-order valence-corrected chi connectivity index (χ1v) is 8.68. The molecule has 3 N–H and O–H groups in total. The van der Waals surface area contributed by atoms with Crippen LogP contribution in [0.4, 0.5) is 0 Å². The normalized spacial score (nSPS) is 15.1. The summed E-state index contributed by atoms with van der Waals surface area (Å²) in [7, 11) is 1.83. The Morgan fingerprint density at radius 3 is 2.38 bits per heavy atom. The summed E-state index contributed by atoms with van der Waals surface area (Å²) in [6.45, 7) is 4.76. The van der Waals surface area contributed by atoms with Crippen LogP contribution in [0.25, 0.3) is 0 Å². The maximum absolute atomic E-state index is 12.5. The minimum Gasteiger partial charge on any atom is -0.351 e. The SMILES string of the molecule is CN(CCN1CCCCC1)C(=O)c1ccc(C(=O)NCCN)cc1. The van der Waals surface area contributed by atoms with Crippen LogP contribution in [0.15, 0.2) is 24.3 Å². The fraction of sp³-hybridized carbons (Fsp3) is 0.556. The molecule has 6 heteroatoms. The topological polar surface area (TPSA) is 78.7 Å². The molecule has 24 heavy (non-hydrogen) atoms. The van der Waals surface area contributed by atoms with Gasteiger partial charge in [-0.05, 0) is 50.2 Å². The van der Waals surface area contributed by atoms with E-state index in [9.17, 15) is 9.59 Å². The van der Waals surface area contributed by atoms with Crippen molar-refractivity contribution in [3.63, 3.8) is 0 Å². The molecular formula is C18H28N4O2. The van der Waals surface area contributed by atoms with Crippen molar-refractivity contribution in [2.24, 2.45) is 5.73 Å². The van der Waals surface area contributed by atoms with Gasteiger partial charge >= 0.3 is 0 Å². The fourth-order valence-corrected chi connectivity index (χ4v) is 2.85. The van der Waals surface area contributed by atoms with Gasteiger partial charge in [-0.3, -0.25) is 9.59 Å². The summed E-state index contributed by atoms with van der Waals surface area (Å²) in [4.78, 5) is 28.5. The van der Waals surface area contributed by atoms with Gasteiger partial charge in [0.15, 0.2) is 0 Å². The predicted molar refractivity (Wildman–Crippen MR) is 95.1 cm³/mol. The van der Waals surface area contributed by atoms with E-state index in [-0.39, 0.29) is 11.8 Å². The lowest BCUT2D eigenvalue weighted by Gasteiger charge is -2.28. The molecule has 6 nitrogen and oxygen atoms in total. The van der Waals surface area contributed by atoms with Crippen LogP contribution in [-0.4, -0.2) is 67.9 Å². The number of nitrogens with zero attached hydrogens (tertiary/aromatic N) is 2. The summed E-state index contributed by atoms with van der Waals surface area (Å²) in [6, 6.07) is 6.77. The van der Waals surface area contributed by atoms with Gasteiger partial charge in [-0.2, -0.15) is 0 Å². The van der Waals surface area contributed by atoms with Crippen LogP contribution in [0, 0.1) is 0 Å². The molecule has 1 heterocycles. The molecule has 0 unspecified atom stereocenters. The second-order valence-corrected chi connectivity index (χ2v) is 6.25. The van der Waals surface area contributed by atoms with E-state index in [0.29, 0.717) is 24.2 Å². The number of rotatable bonds is 7. The summed E-state index contributed by atoms with van der Waals surface area (Å²) < 4.78 is 0. The van der Waals surface area contributed by atoms with Gasteiger partial charge in [0.05, 0.1) is 0 Å². The van der Waals surface area contributed by atoms with Crippen LogP contribution in [-0.2, 0) is 0 Å². The number of likely N-dealkylation sites (tertiary alicyclic amines) is 1. The lowest BCUT2D eigenvalue weighted by molar-refractivity contribution is 0.0772. The van der Waals surface area contributed by atoms with Crippen LogP contribution in [0.2, 0.25) is 0 Å². The molecule has 1 fully saturated rings. The summed E-state index contributed by atoms with van der Waals surface area (Å²) in [5.74, 6) is -0.182. The average molecular weight is 332 g/mol. The van der Waals surface area contributed by atoms with E-state index in [1.54, 1.807) is 29.2 Å². The number of nitrogens with two attached hydrogens (primary N) is 1. The highest BCUT2D eigenvalue weighted by atomic mass is 16.2. The number of nitrogens with one attached hydrogen (secondary N) is 1. The van der Waals surface area contributed by atoms with Crippen LogP contribution in [0.1, 0.15) is 40.0 Å². The zero-order valence-electron chi connectivity index (χ0n) is 14.5. The first-order valence-electron chi connectivity index (χ1n) is 8.68. The predicted octanol–water partition coefficient (Wildman–Crippen LogP) is 0.933. The molecule has 0 aromatic heterocycles. The lowest BCUT2D eigenvalue weighted by Crippen LogP contribution is -2.38. The summed E-state index contributed by atoms with van der Waals surface area (Å²) in [6.07, 6.45) is 3.83. The molecule has 0 aliphatic carbocycles.